The van der Waals surface area contributed by atoms with Gasteiger partial charge in [-0.2, -0.15) is 0 Å². The van der Waals surface area contributed by atoms with Crippen molar-refractivity contribution in [3.63, 3.8) is 0 Å². The summed E-state index contributed by atoms with van der Waals surface area (Å²) >= 11 is 0. The fourth-order valence-corrected chi connectivity index (χ4v) is 6.07. The smallest absolute Gasteiger partial charge is 0.305 e. The minimum atomic E-state index is -1.71. The largest absolute Gasteiger partial charge is 0.466 e. The van der Waals surface area contributed by atoms with Crippen LogP contribution < -0.4 is 0 Å². The zero-order chi connectivity index (χ0) is 36.0. The molecule has 7 N–H and O–H groups in total. The van der Waals surface area contributed by atoms with Crippen molar-refractivity contribution in [1.29, 1.82) is 0 Å². The molecule has 13 nitrogen and oxygen atoms in total. The number of aliphatic hydroxyl groups is 7. The van der Waals surface area contributed by atoms with Gasteiger partial charge in [-0.3, -0.25) is 4.79 Å². The molecule has 2 aliphatic rings. The van der Waals surface area contributed by atoms with E-state index < -0.39 is 74.6 Å². The summed E-state index contributed by atoms with van der Waals surface area (Å²) in [4.78, 5) is 11.7. The van der Waals surface area contributed by atoms with Gasteiger partial charge in [-0.05, 0) is 51.9 Å². The van der Waals surface area contributed by atoms with Crippen molar-refractivity contribution in [2.75, 3.05) is 19.8 Å². The lowest BCUT2D eigenvalue weighted by atomic mass is 9.97. The lowest BCUT2D eigenvalue weighted by molar-refractivity contribution is -0.371. The Balaban J connectivity index is 1.58. The lowest BCUT2D eigenvalue weighted by Gasteiger charge is -2.46. The van der Waals surface area contributed by atoms with E-state index in [1.165, 1.54) is 19.3 Å². The van der Waals surface area contributed by atoms with Crippen molar-refractivity contribution >= 4 is 5.97 Å². The van der Waals surface area contributed by atoms with Crippen LogP contribution in [0.4, 0.5) is 0 Å². The molecule has 2 fully saturated rings. The molecule has 13 heteroatoms. The van der Waals surface area contributed by atoms with Gasteiger partial charge in [-0.25, -0.2) is 0 Å². The molecule has 2 rings (SSSR count). The Bertz CT molecular complexity index is 874. The predicted molar refractivity (Wildman–Crippen MR) is 181 cm³/mol. The first-order chi connectivity index (χ1) is 23.6. The number of carbonyl (C=O) groups excluding carboxylic acids is 1. The van der Waals surface area contributed by atoms with Gasteiger partial charge in [0.15, 0.2) is 12.6 Å². The number of allylic oxidation sites excluding steroid dienone is 2. The van der Waals surface area contributed by atoms with E-state index in [2.05, 4.69) is 19.1 Å². The van der Waals surface area contributed by atoms with Crippen LogP contribution in [0.2, 0.25) is 0 Å². The van der Waals surface area contributed by atoms with Crippen LogP contribution in [-0.4, -0.2) is 129 Å². The second-order valence-electron chi connectivity index (χ2n) is 13.5. The summed E-state index contributed by atoms with van der Waals surface area (Å²) in [6.45, 7) is 3.33. The van der Waals surface area contributed by atoms with Crippen molar-refractivity contribution in [1.82, 2.24) is 0 Å². The Morgan fingerprint density at radius 1 is 0.673 bits per heavy atom. The molecule has 288 valence electrons. The molecule has 0 aromatic carbocycles. The number of carbonyl (C=O) groups is 1. The lowest BCUT2D eigenvalue weighted by Crippen LogP contribution is -2.64. The molecular weight excluding hydrogens is 640 g/mol. The number of aliphatic hydroxyl groups excluding tert-OH is 7. The Morgan fingerprint density at radius 2 is 1.22 bits per heavy atom. The quantitative estimate of drug-likeness (QED) is 0.0393. The third-order valence-corrected chi connectivity index (χ3v) is 9.24. The van der Waals surface area contributed by atoms with Crippen molar-refractivity contribution in [2.24, 2.45) is 0 Å². The average Bonchev–Trinajstić information content (AvgIpc) is 3.09. The molecule has 2 aliphatic heterocycles. The van der Waals surface area contributed by atoms with Crippen LogP contribution >= 0.6 is 0 Å². The second kappa shape index (κ2) is 25.7. The molecule has 0 amide bonds. The molecule has 0 aromatic heterocycles. The Morgan fingerprint density at radius 3 is 1.86 bits per heavy atom. The Kier molecular flexibility index (Phi) is 23.0. The van der Waals surface area contributed by atoms with E-state index in [1.807, 2.05) is 6.92 Å². The van der Waals surface area contributed by atoms with E-state index in [-0.39, 0.29) is 12.1 Å². The van der Waals surface area contributed by atoms with Gasteiger partial charge in [0.2, 0.25) is 0 Å². The van der Waals surface area contributed by atoms with Crippen LogP contribution in [-0.2, 0) is 28.5 Å². The van der Waals surface area contributed by atoms with Gasteiger partial charge in [0.1, 0.15) is 48.8 Å². The zero-order valence-corrected chi connectivity index (χ0v) is 29.7. The summed E-state index contributed by atoms with van der Waals surface area (Å²) in [7, 11) is 0. The van der Waals surface area contributed by atoms with E-state index in [0.717, 1.165) is 77.0 Å². The maximum Gasteiger partial charge on any atom is 0.305 e. The summed E-state index contributed by atoms with van der Waals surface area (Å²) in [6, 6.07) is 0. The molecule has 2 saturated heterocycles. The number of ether oxygens (including phenoxy) is 5. The molecule has 1 unspecified atom stereocenters. The van der Waals surface area contributed by atoms with Gasteiger partial charge in [0.25, 0.3) is 0 Å². The molecule has 0 radical (unpaired) electrons. The molecule has 49 heavy (non-hydrogen) atoms. The van der Waals surface area contributed by atoms with E-state index >= 15 is 0 Å². The predicted octanol–water partition coefficient (Wildman–Crippen LogP) is 2.77. The monoisotopic (exact) mass is 706 g/mol. The highest BCUT2D eigenvalue weighted by Gasteiger charge is 2.51. The van der Waals surface area contributed by atoms with Gasteiger partial charge < -0.3 is 59.4 Å². The molecule has 0 spiro atoms. The number of esters is 1. The maximum atomic E-state index is 11.7. The summed E-state index contributed by atoms with van der Waals surface area (Å²) in [5.74, 6) is -0.0631. The van der Waals surface area contributed by atoms with Crippen LogP contribution in [0.25, 0.3) is 0 Å². The normalized spacial score (nSPS) is 31.3. The fourth-order valence-electron chi connectivity index (χ4n) is 6.07. The van der Waals surface area contributed by atoms with Crippen LogP contribution in [0.5, 0.6) is 0 Å². The third-order valence-electron chi connectivity index (χ3n) is 9.24. The standard InChI is InChI=1S/C36H66O13/c1-3-4-5-19-22-45-28(39)21-18-16-14-12-10-8-6-7-9-11-13-15-17-20-25(2)46-36-34(32(43)30(41)27(24-38)48-36)49-35-33(44)31(42)29(40)26(23-37)47-35/h6-7,25-27,29-38,40-44H,3-5,8-24H2,1-2H3/b7-6-/t25?,26-,27-,29-,30-,31+,32+,33-,34-,35+,36-/m1/s1. The molecule has 11 atom stereocenters. The first kappa shape index (κ1) is 43.9. The van der Waals surface area contributed by atoms with Gasteiger partial charge >= 0.3 is 5.97 Å². The van der Waals surface area contributed by atoms with Gasteiger partial charge in [0, 0.05) is 6.42 Å². The summed E-state index contributed by atoms with van der Waals surface area (Å²) in [5, 5.41) is 70.9. The van der Waals surface area contributed by atoms with Crippen LogP contribution in [0.15, 0.2) is 12.2 Å². The topological polar surface area (TPSA) is 205 Å². The average molecular weight is 707 g/mol. The summed E-state index contributed by atoms with van der Waals surface area (Å²) < 4.78 is 28.1. The molecule has 0 aliphatic carbocycles. The number of hydrogen-bond donors (Lipinski definition) is 7. The Labute approximate surface area is 292 Å². The van der Waals surface area contributed by atoms with E-state index in [1.54, 1.807) is 0 Å². The molecule has 0 aromatic rings. The van der Waals surface area contributed by atoms with Gasteiger partial charge in [0.05, 0.1) is 25.9 Å². The maximum absolute atomic E-state index is 11.7. The second-order valence-corrected chi connectivity index (χ2v) is 13.5. The minimum Gasteiger partial charge on any atom is -0.466 e. The summed E-state index contributed by atoms with van der Waals surface area (Å²) in [6.07, 6.45) is 6.82. The van der Waals surface area contributed by atoms with E-state index in [9.17, 15) is 40.5 Å². The highest BCUT2D eigenvalue weighted by atomic mass is 16.8. The minimum absolute atomic E-state index is 0.0631. The number of hydrogen-bond acceptors (Lipinski definition) is 13. The Hall–Kier alpha value is -1.23. The van der Waals surface area contributed by atoms with Crippen molar-refractivity contribution < 1.29 is 64.2 Å². The van der Waals surface area contributed by atoms with Gasteiger partial charge in [-0.1, -0.05) is 76.9 Å². The molecule has 0 saturated carbocycles. The number of unbranched alkanes of at least 4 members (excludes halogenated alkanes) is 12. The zero-order valence-electron chi connectivity index (χ0n) is 29.7. The summed E-state index contributed by atoms with van der Waals surface area (Å²) in [5.41, 5.74) is 0. The van der Waals surface area contributed by atoms with Crippen LogP contribution in [0.1, 0.15) is 123 Å². The SMILES string of the molecule is CCCCCCOC(=O)CCCCCCC/C=C\CCCCCCC(C)O[C@@H]1O[C@H](CO)[C@@H](O)[C@H](O)[C@H]1O[C@@H]1O[C@H](CO)[C@@H](O)[C@H](O)[C@H]1O. The highest BCUT2D eigenvalue weighted by molar-refractivity contribution is 5.69. The van der Waals surface area contributed by atoms with Crippen LogP contribution in [0.3, 0.4) is 0 Å². The van der Waals surface area contributed by atoms with E-state index in [4.69, 9.17) is 23.7 Å². The molecular formula is C36H66O13. The molecule has 2 heterocycles. The fraction of sp³-hybridized carbons (Fsp3) is 0.917. The van der Waals surface area contributed by atoms with Crippen LogP contribution in [0, 0.1) is 0 Å². The molecule has 0 bridgehead atoms. The van der Waals surface area contributed by atoms with Crippen molar-refractivity contribution in [3.8, 4) is 0 Å². The van der Waals surface area contributed by atoms with Gasteiger partial charge in [-0.15, -0.1) is 0 Å². The highest BCUT2D eigenvalue weighted by Crippen LogP contribution is 2.30. The number of rotatable bonds is 26. The third kappa shape index (κ3) is 16.3. The van der Waals surface area contributed by atoms with E-state index in [0.29, 0.717) is 19.4 Å². The first-order valence-corrected chi connectivity index (χ1v) is 18.7. The van der Waals surface area contributed by atoms with Crippen molar-refractivity contribution in [3.05, 3.63) is 12.2 Å². The van der Waals surface area contributed by atoms with Crippen molar-refractivity contribution in [2.45, 2.75) is 191 Å². The first-order valence-electron chi connectivity index (χ1n) is 18.7.